The largest absolute Gasteiger partial charge is 0.362 e. The maximum atomic E-state index is 5.66. The SMILES string of the molecule is CC(C)CNC(=S)N(CCc1nc2ccccc2[nH]1)Cc1ccccc1. The Balaban J connectivity index is 1.68. The van der Waals surface area contributed by atoms with Crippen molar-refractivity contribution in [3.8, 4) is 0 Å². The Hall–Kier alpha value is -2.40. The van der Waals surface area contributed by atoms with Gasteiger partial charge in [0.05, 0.1) is 11.0 Å². The summed E-state index contributed by atoms with van der Waals surface area (Å²) in [5.41, 5.74) is 3.35. The quantitative estimate of drug-likeness (QED) is 0.617. The van der Waals surface area contributed by atoms with Crippen LogP contribution in [0.25, 0.3) is 11.0 Å². The number of imidazole rings is 1. The van der Waals surface area contributed by atoms with Crippen molar-refractivity contribution < 1.29 is 0 Å². The molecule has 1 aromatic heterocycles. The number of aromatic nitrogens is 2. The Morgan fingerprint density at radius 1 is 1.12 bits per heavy atom. The summed E-state index contributed by atoms with van der Waals surface area (Å²) in [6.07, 6.45) is 0.824. The topological polar surface area (TPSA) is 44.0 Å². The molecule has 2 N–H and O–H groups in total. The van der Waals surface area contributed by atoms with Gasteiger partial charge in [-0.1, -0.05) is 56.3 Å². The number of nitrogens with zero attached hydrogens (tertiary/aromatic N) is 2. The predicted molar refractivity (Wildman–Crippen MR) is 112 cm³/mol. The fourth-order valence-corrected chi connectivity index (χ4v) is 3.06. The Morgan fingerprint density at radius 2 is 1.85 bits per heavy atom. The number of hydrogen-bond acceptors (Lipinski definition) is 2. The fourth-order valence-electron chi connectivity index (χ4n) is 2.82. The van der Waals surface area contributed by atoms with Crippen molar-refractivity contribution in [2.45, 2.75) is 26.8 Å². The molecule has 26 heavy (non-hydrogen) atoms. The lowest BCUT2D eigenvalue weighted by atomic mass is 10.2. The summed E-state index contributed by atoms with van der Waals surface area (Å²) in [6.45, 7) is 6.87. The van der Waals surface area contributed by atoms with E-state index >= 15 is 0 Å². The van der Waals surface area contributed by atoms with Crippen LogP contribution in [-0.2, 0) is 13.0 Å². The first-order valence-corrected chi connectivity index (χ1v) is 9.53. The van der Waals surface area contributed by atoms with E-state index in [1.807, 2.05) is 24.3 Å². The number of hydrogen-bond donors (Lipinski definition) is 2. The van der Waals surface area contributed by atoms with Gasteiger partial charge in [-0.3, -0.25) is 0 Å². The second-order valence-corrected chi connectivity index (χ2v) is 7.32. The highest BCUT2D eigenvalue weighted by atomic mass is 32.1. The summed E-state index contributed by atoms with van der Waals surface area (Å²) in [7, 11) is 0. The highest BCUT2D eigenvalue weighted by molar-refractivity contribution is 7.80. The standard InChI is InChI=1S/C21H26N4S/c1-16(2)14-22-21(26)25(15-17-8-4-3-5-9-17)13-12-20-23-18-10-6-7-11-19(18)24-20/h3-11,16H,12-15H2,1-2H3,(H,22,26)(H,23,24). The van der Waals surface area contributed by atoms with Gasteiger partial charge in [0.1, 0.15) is 5.82 Å². The molecule has 0 amide bonds. The van der Waals surface area contributed by atoms with Crippen LogP contribution >= 0.6 is 12.2 Å². The number of rotatable bonds is 7. The van der Waals surface area contributed by atoms with Crippen molar-refractivity contribution in [3.63, 3.8) is 0 Å². The van der Waals surface area contributed by atoms with E-state index in [1.54, 1.807) is 0 Å². The number of nitrogens with one attached hydrogen (secondary N) is 2. The van der Waals surface area contributed by atoms with E-state index in [4.69, 9.17) is 12.2 Å². The van der Waals surface area contributed by atoms with E-state index in [9.17, 15) is 0 Å². The Kier molecular flexibility index (Phi) is 6.23. The minimum absolute atomic E-state index is 0.557. The molecule has 0 aliphatic carbocycles. The van der Waals surface area contributed by atoms with Crippen LogP contribution in [0.3, 0.4) is 0 Å². The molecule has 3 rings (SSSR count). The first-order chi connectivity index (χ1) is 12.6. The normalized spacial score (nSPS) is 11.0. The zero-order chi connectivity index (χ0) is 18.4. The van der Waals surface area contributed by atoms with Crippen LogP contribution in [0.15, 0.2) is 54.6 Å². The molecule has 3 aromatic rings. The van der Waals surface area contributed by atoms with Crippen LogP contribution in [0.1, 0.15) is 25.2 Å². The van der Waals surface area contributed by atoms with Gasteiger partial charge in [-0.05, 0) is 35.8 Å². The maximum Gasteiger partial charge on any atom is 0.169 e. The molecule has 1 heterocycles. The minimum atomic E-state index is 0.557. The van der Waals surface area contributed by atoms with Crippen LogP contribution in [0.2, 0.25) is 0 Å². The lowest BCUT2D eigenvalue weighted by Gasteiger charge is -2.26. The fraction of sp³-hybridized carbons (Fsp3) is 0.333. The van der Waals surface area contributed by atoms with Crippen molar-refractivity contribution in [1.29, 1.82) is 0 Å². The molecular weight excluding hydrogens is 340 g/mol. The van der Waals surface area contributed by atoms with Gasteiger partial charge in [0.15, 0.2) is 5.11 Å². The number of benzene rings is 2. The molecule has 0 aliphatic rings. The number of thiocarbonyl (C=S) groups is 1. The highest BCUT2D eigenvalue weighted by Gasteiger charge is 2.12. The third kappa shape index (κ3) is 5.05. The third-order valence-electron chi connectivity index (χ3n) is 4.22. The van der Waals surface area contributed by atoms with Gasteiger partial charge in [0, 0.05) is 26.1 Å². The van der Waals surface area contributed by atoms with E-state index in [-0.39, 0.29) is 0 Å². The van der Waals surface area contributed by atoms with Gasteiger partial charge >= 0.3 is 0 Å². The van der Waals surface area contributed by atoms with Crippen LogP contribution in [-0.4, -0.2) is 33.1 Å². The average molecular weight is 367 g/mol. The van der Waals surface area contributed by atoms with Crippen molar-refractivity contribution in [1.82, 2.24) is 20.2 Å². The van der Waals surface area contributed by atoms with Gasteiger partial charge in [0.2, 0.25) is 0 Å². The van der Waals surface area contributed by atoms with Crippen LogP contribution in [0.5, 0.6) is 0 Å². The summed E-state index contributed by atoms with van der Waals surface area (Å²) in [5.74, 6) is 1.55. The molecular formula is C21H26N4S. The number of para-hydroxylation sites is 2. The molecule has 4 nitrogen and oxygen atoms in total. The maximum absolute atomic E-state index is 5.66. The second kappa shape index (κ2) is 8.81. The van der Waals surface area contributed by atoms with Gasteiger partial charge in [0.25, 0.3) is 0 Å². The summed E-state index contributed by atoms with van der Waals surface area (Å²) in [6, 6.07) is 18.6. The van der Waals surface area contributed by atoms with E-state index < -0.39 is 0 Å². The predicted octanol–water partition coefficient (Wildman–Crippen LogP) is 4.14. The van der Waals surface area contributed by atoms with Gasteiger partial charge in [-0.15, -0.1) is 0 Å². The molecule has 0 aliphatic heterocycles. The molecule has 0 unspecified atom stereocenters. The molecule has 0 saturated carbocycles. The molecule has 2 aromatic carbocycles. The molecule has 0 bridgehead atoms. The molecule has 136 valence electrons. The van der Waals surface area contributed by atoms with Crippen molar-refractivity contribution >= 4 is 28.4 Å². The monoisotopic (exact) mass is 366 g/mol. The number of fused-ring (bicyclic) bond motifs is 1. The molecule has 0 saturated heterocycles. The van der Waals surface area contributed by atoms with Gasteiger partial charge in [-0.25, -0.2) is 4.98 Å². The second-order valence-electron chi connectivity index (χ2n) is 6.94. The number of H-pyrrole nitrogens is 1. The zero-order valence-electron chi connectivity index (χ0n) is 15.4. The van der Waals surface area contributed by atoms with Crippen molar-refractivity contribution in [3.05, 3.63) is 66.0 Å². The average Bonchev–Trinajstić information content (AvgIpc) is 3.07. The van der Waals surface area contributed by atoms with Gasteiger partial charge < -0.3 is 15.2 Å². The Labute approximate surface area is 160 Å². The zero-order valence-corrected chi connectivity index (χ0v) is 16.2. The van der Waals surface area contributed by atoms with Crippen molar-refractivity contribution in [2.24, 2.45) is 5.92 Å². The molecule has 0 spiro atoms. The smallest absolute Gasteiger partial charge is 0.169 e. The highest BCUT2D eigenvalue weighted by Crippen LogP contribution is 2.12. The summed E-state index contributed by atoms with van der Waals surface area (Å²) in [4.78, 5) is 10.3. The third-order valence-corrected chi connectivity index (χ3v) is 4.62. The van der Waals surface area contributed by atoms with Crippen molar-refractivity contribution in [2.75, 3.05) is 13.1 Å². The van der Waals surface area contributed by atoms with E-state index in [1.165, 1.54) is 5.56 Å². The van der Waals surface area contributed by atoms with Crippen LogP contribution in [0, 0.1) is 5.92 Å². The van der Waals surface area contributed by atoms with Crippen LogP contribution < -0.4 is 5.32 Å². The first-order valence-electron chi connectivity index (χ1n) is 9.12. The summed E-state index contributed by atoms with van der Waals surface area (Å²) >= 11 is 5.66. The molecule has 5 heteroatoms. The van der Waals surface area contributed by atoms with E-state index in [2.05, 4.69) is 64.4 Å². The lowest BCUT2D eigenvalue weighted by molar-refractivity contribution is 0.402. The van der Waals surface area contributed by atoms with Crippen LogP contribution in [0.4, 0.5) is 0 Å². The van der Waals surface area contributed by atoms with E-state index in [0.717, 1.165) is 48.0 Å². The Morgan fingerprint density at radius 3 is 2.58 bits per heavy atom. The summed E-state index contributed by atoms with van der Waals surface area (Å²) < 4.78 is 0. The Bertz CT molecular complexity index is 808. The summed E-state index contributed by atoms with van der Waals surface area (Å²) in [5, 5.41) is 4.20. The lowest BCUT2D eigenvalue weighted by Crippen LogP contribution is -2.41. The molecule has 0 atom stereocenters. The van der Waals surface area contributed by atoms with Gasteiger partial charge in [-0.2, -0.15) is 0 Å². The minimum Gasteiger partial charge on any atom is -0.362 e. The molecule has 0 radical (unpaired) electrons. The number of aromatic amines is 1. The first kappa shape index (κ1) is 18.4. The van der Waals surface area contributed by atoms with E-state index in [0.29, 0.717) is 5.92 Å². The molecule has 0 fully saturated rings.